The van der Waals surface area contributed by atoms with E-state index < -0.39 is 35.7 Å². The maximum atomic E-state index is 12.7. The number of nitrogens with zero attached hydrogens (tertiary/aromatic N) is 1. The summed E-state index contributed by atoms with van der Waals surface area (Å²) in [5.74, 6) is -1.52. The summed E-state index contributed by atoms with van der Waals surface area (Å²) in [6.07, 6.45) is -3.78. The van der Waals surface area contributed by atoms with Gasteiger partial charge in [0, 0.05) is 16.8 Å². The Kier molecular flexibility index (Phi) is 5.48. The lowest BCUT2D eigenvalue weighted by molar-refractivity contribution is -0.139. The highest BCUT2D eigenvalue weighted by Crippen LogP contribution is 2.25. The van der Waals surface area contributed by atoms with E-state index in [1.807, 2.05) is 5.43 Å². The zero-order chi connectivity index (χ0) is 18.6. The number of carbonyl (C=O) groups excluding carboxylic acids is 2. The highest BCUT2D eigenvalue weighted by atomic mass is 35.5. The predicted molar refractivity (Wildman–Crippen MR) is 82.8 cm³/mol. The third kappa shape index (κ3) is 4.83. The van der Waals surface area contributed by atoms with Crippen molar-refractivity contribution in [1.29, 1.82) is 0 Å². The molecule has 0 saturated heterocycles. The number of hydrogen-bond donors (Lipinski definition) is 2. The van der Waals surface area contributed by atoms with E-state index in [4.69, 9.17) is 11.6 Å². The topological polar surface area (TPSA) is 80.2 Å². The van der Waals surface area contributed by atoms with Crippen LogP contribution in [-0.2, 0) is 17.5 Å². The van der Waals surface area contributed by atoms with Gasteiger partial charge in [-0.1, -0.05) is 11.6 Å². The lowest BCUT2D eigenvalue weighted by atomic mass is 10.2. The van der Waals surface area contributed by atoms with Gasteiger partial charge in [-0.2, -0.15) is 13.2 Å². The fraction of sp³-hybridized carbons (Fsp3) is 0.133. The summed E-state index contributed by atoms with van der Waals surface area (Å²) >= 11 is 5.68. The third-order valence-corrected chi connectivity index (χ3v) is 3.31. The van der Waals surface area contributed by atoms with Crippen molar-refractivity contribution in [3.63, 3.8) is 0 Å². The van der Waals surface area contributed by atoms with E-state index in [-0.39, 0.29) is 5.56 Å². The molecule has 0 aliphatic rings. The Morgan fingerprint density at radius 1 is 1.08 bits per heavy atom. The zero-order valence-corrected chi connectivity index (χ0v) is 13.2. The average Bonchev–Trinajstić information content (AvgIpc) is 2.54. The predicted octanol–water partition coefficient (Wildman–Crippen LogP) is 1.98. The number of alkyl halides is 3. The minimum absolute atomic E-state index is 0.209. The van der Waals surface area contributed by atoms with E-state index in [9.17, 15) is 27.6 Å². The van der Waals surface area contributed by atoms with Crippen LogP contribution < -0.4 is 16.4 Å². The number of benzene rings is 1. The van der Waals surface area contributed by atoms with Gasteiger partial charge < -0.3 is 4.57 Å². The molecule has 6 nitrogen and oxygen atoms in total. The van der Waals surface area contributed by atoms with E-state index in [1.54, 1.807) is 0 Å². The maximum Gasteiger partial charge on any atom is 0.421 e. The summed E-state index contributed by atoms with van der Waals surface area (Å²) in [5.41, 5.74) is 1.58. The quantitative estimate of drug-likeness (QED) is 0.807. The molecule has 1 aromatic carbocycles. The first-order valence-corrected chi connectivity index (χ1v) is 7.17. The van der Waals surface area contributed by atoms with Crippen LogP contribution in [0, 0.1) is 0 Å². The van der Waals surface area contributed by atoms with Gasteiger partial charge >= 0.3 is 6.18 Å². The molecule has 2 amide bonds. The summed E-state index contributed by atoms with van der Waals surface area (Å²) in [6.45, 7) is -0.691. The lowest BCUT2D eigenvalue weighted by Gasteiger charge is -2.11. The smallest absolute Gasteiger partial charge is 0.306 e. The first kappa shape index (κ1) is 18.5. The van der Waals surface area contributed by atoms with Crippen LogP contribution in [0.25, 0.3) is 0 Å². The van der Waals surface area contributed by atoms with E-state index >= 15 is 0 Å². The van der Waals surface area contributed by atoms with Gasteiger partial charge in [-0.05, 0) is 36.4 Å². The minimum Gasteiger partial charge on any atom is -0.306 e. The van der Waals surface area contributed by atoms with Gasteiger partial charge in [-0.15, -0.1) is 0 Å². The standard InChI is InChI=1S/C15H11ClF3N3O3/c16-10-5-3-9(4-6-10)13(24)21-20-12(23)8-22-7-1-2-11(14(22)25)15(17,18)19/h1-7H,8H2,(H,20,23)(H,21,24). The van der Waals surface area contributed by atoms with Gasteiger partial charge in [0.05, 0.1) is 0 Å². The van der Waals surface area contributed by atoms with Crippen molar-refractivity contribution in [2.45, 2.75) is 12.7 Å². The molecule has 0 radical (unpaired) electrons. The van der Waals surface area contributed by atoms with Gasteiger partial charge in [0.1, 0.15) is 12.1 Å². The number of carbonyl (C=O) groups is 2. The Labute approximate surface area is 144 Å². The maximum absolute atomic E-state index is 12.7. The van der Waals surface area contributed by atoms with E-state index in [1.165, 1.54) is 24.3 Å². The molecular weight excluding hydrogens is 363 g/mol. The molecule has 2 rings (SSSR count). The van der Waals surface area contributed by atoms with E-state index in [0.717, 1.165) is 12.3 Å². The van der Waals surface area contributed by atoms with Crippen LogP contribution in [0.2, 0.25) is 5.02 Å². The number of amides is 2. The number of aromatic nitrogens is 1. The van der Waals surface area contributed by atoms with Crippen molar-refractivity contribution in [2.75, 3.05) is 0 Å². The van der Waals surface area contributed by atoms with Crippen LogP contribution >= 0.6 is 11.6 Å². The van der Waals surface area contributed by atoms with Crippen LogP contribution in [0.15, 0.2) is 47.4 Å². The molecule has 0 spiro atoms. The Morgan fingerprint density at radius 2 is 1.72 bits per heavy atom. The number of pyridine rings is 1. The second-order valence-corrected chi connectivity index (χ2v) is 5.30. The summed E-state index contributed by atoms with van der Waals surface area (Å²) < 4.78 is 38.6. The SMILES string of the molecule is O=C(Cn1cccc(C(F)(F)F)c1=O)NNC(=O)c1ccc(Cl)cc1. The number of hydrogen-bond acceptors (Lipinski definition) is 3. The Bertz CT molecular complexity index is 848. The molecule has 2 aromatic rings. The highest BCUT2D eigenvalue weighted by molar-refractivity contribution is 6.30. The molecule has 0 aliphatic heterocycles. The first-order valence-electron chi connectivity index (χ1n) is 6.80. The Hall–Kier alpha value is -2.81. The van der Waals surface area contributed by atoms with Crippen LogP contribution in [0.4, 0.5) is 13.2 Å². The number of hydrazine groups is 1. The second-order valence-electron chi connectivity index (χ2n) is 4.86. The molecule has 0 saturated carbocycles. The molecule has 1 aromatic heterocycles. The third-order valence-electron chi connectivity index (χ3n) is 3.06. The highest BCUT2D eigenvalue weighted by Gasteiger charge is 2.34. The molecule has 0 aliphatic carbocycles. The fourth-order valence-electron chi connectivity index (χ4n) is 1.87. The van der Waals surface area contributed by atoms with Crippen molar-refractivity contribution >= 4 is 23.4 Å². The molecule has 1 heterocycles. The van der Waals surface area contributed by atoms with Crippen molar-refractivity contribution < 1.29 is 22.8 Å². The Morgan fingerprint density at radius 3 is 2.32 bits per heavy atom. The molecule has 0 bridgehead atoms. The normalized spacial score (nSPS) is 11.0. The van der Waals surface area contributed by atoms with Gasteiger partial charge in [0.2, 0.25) is 0 Å². The van der Waals surface area contributed by atoms with Crippen molar-refractivity contribution in [3.8, 4) is 0 Å². The summed E-state index contributed by atoms with van der Waals surface area (Å²) in [7, 11) is 0. The Balaban J connectivity index is 2.00. The first-order chi connectivity index (χ1) is 11.7. The molecule has 0 fully saturated rings. The van der Waals surface area contributed by atoms with Crippen LogP contribution in [0.5, 0.6) is 0 Å². The number of nitrogens with one attached hydrogen (secondary N) is 2. The van der Waals surface area contributed by atoms with Gasteiger partial charge in [0.25, 0.3) is 17.4 Å². The van der Waals surface area contributed by atoms with Crippen molar-refractivity contribution in [2.24, 2.45) is 0 Å². The lowest BCUT2D eigenvalue weighted by Crippen LogP contribution is -2.44. The van der Waals surface area contributed by atoms with E-state index in [0.29, 0.717) is 15.7 Å². The monoisotopic (exact) mass is 373 g/mol. The molecule has 0 unspecified atom stereocenters. The van der Waals surface area contributed by atoms with Crippen LogP contribution in [-0.4, -0.2) is 16.4 Å². The summed E-state index contributed by atoms with van der Waals surface area (Å²) in [4.78, 5) is 35.2. The van der Waals surface area contributed by atoms with Crippen LogP contribution in [0.3, 0.4) is 0 Å². The largest absolute Gasteiger partial charge is 0.421 e. The van der Waals surface area contributed by atoms with Gasteiger partial charge in [-0.3, -0.25) is 25.2 Å². The number of rotatable bonds is 3. The second kappa shape index (κ2) is 7.39. The minimum atomic E-state index is -4.82. The van der Waals surface area contributed by atoms with Crippen molar-refractivity contribution in [3.05, 3.63) is 69.1 Å². The number of halogens is 4. The summed E-state index contributed by atoms with van der Waals surface area (Å²) in [5, 5.41) is 0.421. The van der Waals surface area contributed by atoms with Gasteiger partial charge in [0.15, 0.2) is 0 Å². The van der Waals surface area contributed by atoms with Gasteiger partial charge in [-0.25, -0.2) is 0 Å². The molecule has 10 heteroatoms. The average molecular weight is 374 g/mol. The molecule has 2 N–H and O–H groups in total. The molecule has 0 atom stereocenters. The zero-order valence-electron chi connectivity index (χ0n) is 12.4. The molecular formula is C15H11ClF3N3O3. The van der Waals surface area contributed by atoms with E-state index in [2.05, 4.69) is 5.43 Å². The van der Waals surface area contributed by atoms with Crippen molar-refractivity contribution in [1.82, 2.24) is 15.4 Å². The summed E-state index contributed by atoms with van der Waals surface area (Å²) in [6, 6.07) is 7.41. The fourth-order valence-corrected chi connectivity index (χ4v) is 2.00. The molecule has 132 valence electrons. The van der Waals surface area contributed by atoms with Crippen LogP contribution in [0.1, 0.15) is 15.9 Å². The molecule has 25 heavy (non-hydrogen) atoms.